The molecule has 0 aliphatic carbocycles. The van der Waals surface area contributed by atoms with Gasteiger partial charge in [0.05, 0.1) is 12.6 Å². The molecule has 3 aromatic rings. The first-order valence-electron chi connectivity index (χ1n) is 8.17. The van der Waals surface area contributed by atoms with E-state index < -0.39 is 0 Å². The molecule has 0 unspecified atom stereocenters. The second-order valence-corrected chi connectivity index (χ2v) is 5.81. The highest BCUT2D eigenvalue weighted by Crippen LogP contribution is 2.20. The Morgan fingerprint density at radius 1 is 1.12 bits per heavy atom. The minimum Gasteiger partial charge on any atom is -0.378 e. The maximum absolute atomic E-state index is 5.38. The molecule has 4 heteroatoms. The van der Waals surface area contributed by atoms with E-state index in [2.05, 4.69) is 57.3 Å². The third-order valence-corrected chi connectivity index (χ3v) is 4.16. The van der Waals surface area contributed by atoms with Crippen LogP contribution in [0.2, 0.25) is 0 Å². The summed E-state index contributed by atoms with van der Waals surface area (Å²) < 4.78 is 7.55. The molecule has 1 atom stereocenters. The van der Waals surface area contributed by atoms with Crippen LogP contribution >= 0.6 is 0 Å². The molecule has 24 heavy (non-hydrogen) atoms. The fraction of sp³-hybridized carbons (Fsp3) is 0.250. The SMILES string of the molecule is CO[C@@H](C)c1cccc(NCc2nccn2Cc2ccccc2)c1. The Morgan fingerprint density at radius 2 is 1.96 bits per heavy atom. The Labute approximate surface area is 143 Å². The zero-order valence-corrected chi connectivity index (χ0v) is 14.1. The monoisotopic (exact) mass is 321 g/mol. The predicted octanol–water partition coefficient (Wildman–Crippen LogP) is 4.25. The third-order valence-electron chi connectivity index (χ3n) is 4.16. The summed E-state index contributed by atoms with van der Waals surface area (Å²) in [4.78, 5) is 4.48. The summed E-state index contributed by atoms with van der Waals surface area (Å²) in [6.45, 7) is 3.56. The second kappa shape index (κ2) is 7.79. The molecule has 0 saturated carbocycles. The molecule has 0 saturated heterocycles. The lowest BCUT2D eigenvalue weighted by Crippen LogP contribution is -2.09. The Hall–Kier alpha value is -2.59. The van der Waals surface area contributed by atoms with Crippen LogP contribution in [0.15, 0.2) is 67.0 Å². The van der Waals surface area contributed by atoms with Crippen molar-refractivity contribution in [3.63, 3.8) is 0 Å². The van der Waals surface area contributed by atoms with E-state index in [1.165, 1.54) is 5.56 Å². The first-order chi connectivity index (χ1) is 11.8. The summed E-state index contributed by atoms with van der Waals surface area (Å²) in [6.07, 6.45) is 3.96. The van der Waals surface area contributed by atoms with E-state index in [4.69, 9.17) is 4.74 Å². The Balaban J connectivity index is 1.66. The lowest BCUT2D eigenvalue weighted by atomic mass is 10.1. The van der Waals surface area contributed by atoms with Crippen LogP contribution in [0, 0.1) is 0 Å². The largest absolute Gasteiger partial charge is 0.378 e. The van der Waals surface area contributed by atoms with Gasteiger partial charge in [-0.25, -0.2) is 4.98 Å². The van der Waals surface area contributed by atoms with Crippen LogP contribution in [0.5, 0.6) is 0 Å². The molecule has 0 aliphatic rings. The molecule has 0 amide bonds. The van der Waals surface area contributed by atoms with Crippen LogP contribution in [0.4, 0.5) is 5.69 Å². The molecule has 1 heterocycles. The third kappa shape index (κ3) is 4.03. The number of benzene rings is 2. The molecule has 0 aliphatic heterocycles. The van der Waals surface area contributed by atoms with Crippen molar-refractivity contribution in [3.05, 3.63) is 83.9 Å². The molecule has 4 nitrogen and oxygen atoms in total. The van der Waals surface area contributed by atoms with Gasteiger partial charge in [-0.15, -0.1) is 0 Å². The van der Waals surface area contributed by atoms with Crippen LogP contribution in [0.25, 0.3) is 0 Å². The first-order valence-corrected chi connectivity index (χ1v) is 8.17. The average molecular weight is 321 g/mol. The highest BCUT2D eigenvalue weighted by molar-refractivity contribution is 5.46. The van der Waals surface area contributed by atoms with Gasteiger partial charge in [0.1, 0.15) is 5.82 Å². The summed E-state index contributed by atoms with van der Waals surface area (Å²) >= 11 is 0. The lowest BCUT2D eigenvalue weighted by molar-refractivity contribution is 0.119. The number of anilines is 1. The number of ether oxygens (including phenoxy) is 1. The molecular weight excluding hydrogens is 298 g/mol. The highest BCUT2D eigenvalue weighted by atomic mass is 16.5. The van der Waals surface area contributed by atoms with Gasteiger partial charge in [-0.05, 0) is 30.2 Å². The number of imidazole rings is 1. The molecule has 0 spiro atoms. The lowest BCUT2D eigenvalue weighted by Gasteiger charge is -2.13. The number of hydrogen-bond donors (Lipinski definition) is 1. The Kier molecular flexibility index (Phi) is 5.29. The van der Waals surface area contributed by atoms with Crippen LogP contribution < -0.4 is 5.32 Å². The number of nitrogens with one attached hydrogen (secondary N) is 1. The molecule has 0 bridgehead atoms. The van der Waals surface area contributed by atoms with Gasteiger partial charge >= 0.3 is 0 Å². The van der Waals surface area contributed by atoms with Crippen molar-refractivity contribution in [2.24, 2.45) is 0 Å². The van der Waals surface area contributed by atoms with Gasteiger partial charge in [-0.3, -0.25) is 0 Å². The van der Waals surface area contributed by atoms with Crippen LogP contribution in [-0.2, 0) is 17.8 Å². The minimum atomic E-state index is 0.0896. The molecule has 1 aromatic heterocycles. The smallest absolute Gasteiger partial charge is 0.128 e. The van der Waals surface area contributed by atoms with E-state index >= 15 is 0 Å². The summed E-state index contributed by atoms with van der Waals surface area (Å²) in [5.41, 5.74) is 3.51. The fourth-order valence-electron chi connectivity index (χ4n) is 2.65. The van der Waals surface area contributed by atoms with E-state index in [0.29, 0.717) is 6.54 Å². The average Bonchev–Trinajstić information content (AvgIpc) is 3.07. The van der Waals surface area contributed by atoms with E-state index in [-0.39, 0.29) is 6.10 Å². The first kappa shape index (κ1) is 16.3. The van der Waals surface area contributed by atoms with Crippen molar-refractivity contribution in [1.29, 1.82) is 0 Å². The summed E-state index contributed by atoms with van der Waals surface area (Å²) in [5.74, 6) is 1.02. The molecule has 0 radical (unpaired) electrons. The number of methoxy groups -OCH3 is 1. The number of nitrogens with zero attached hydrogens (tertiary/aromatic N) is 2. The van der Waals surface area contributed by atoms with Gasteiger partial charge in [0, 0.05) is 31.7 Å². The highest BCUT2D eigenvalue weighted by Gasteiger charge is 2.06. The van der Waals surface area contributed by atoms with Gasteiger partial charge in [0.2, 0.25) is 0 Å². The number of aromatic nitrogens is 2. The van der Waals surface area contributed by atoms with Crippen LogP contribution in [0.1, 0.15) is 30.0 Å². The van der Waals surface area contributed by atoms with Crippen molar-refractivity contribution in [1.82, 2.24) is 9.55 Å². The van der Waals surface area contributed by atoms with Gasteiger partial charge in [0.25, 0.3) is 0 Å². The van der Waals surface area contributed by atoms with Gasteiger partial charge in [0.15, 0.2) is 0 Å². The van der Waals surface area contributed by atoms with Crippen molar-refractivity contribution < 1.29 is 4.74 Å². The fourth-order valence-corrected chi connectivity index (χ4v) is 2.65. The molecule has 3 rings (SSSR count). The van der Waals surface area contributed by atoms with E-state index in [1.54, 1.807) is 7.11 Å². The van der Waals surface area contributed by atoms with Crippen molar-refractivity contribution >= 4 is 5.69 Å². The van der Waals surface area contributed by atoms with Gasteiger partial charge in [-0.2, -0.15) is 0 Å². The second-order valence-electron chi connectivity index (χ2n) is 5.81. The zero-order chi connectivity index (χ0) is 16.8. The van der Waals surface area contributed by atoms with E-state index in [1.807, 2.05) is 31.5 Å². The minimum absolute atomic E-state index is 0.0896. The van der Waals surface area contributed by atoms with Gasteiger partial charge < -0.3 is 14.6 Å². The quantitative estimate of drug-likeness (QED) is 0.707. The maximum Gasteiger partial charge on any atom is 0.128 e. The molecule has 0 fully saturated rings. The molecule has 124 valence electrons. The number of hydrogen-bond acceptors (Lipinski definition) is 3. The van der Waals surface area contributed by atoms with Gasteiger partial charge in [-0.1, -0.05) is 42.5 Å². The topological polar surface area (TPSA) is 39.1 Å². The van der Waals surface area contributed by atoms with E-state index in [9.17, 15) is 0 Å². The van der Waals surface area contributed by atoms with Crippen LogP contribution in [0.3, 0.4) is 0 Å². The maximum atomic E-state index is 5.38. The standard InChI is InChI=1S/C20H23N3O/c1-16(24-2)18-9-6-10-19(13-18)22-14-20-21-11-12-23(20)15-17-7-4-3-5-8-17/h3-13,16,22H,14-15H2,1-2H3/t16-/m0/s1. The zero-order valence-electron chi connectivity index (χ0n) is 14.1. The van der Waals surface area contributed by atoms with Crippen LogP contribution in [-0.4, -0.2) is 16.7 Å². The molecular formula is C20H23N3O. The van der Waals surface area contributed by atoms with E-state index in [0.717, 1.165) is 23.6 Å². The van der Waals surface area contributed by atoms with Crippen molar-refractivity contribution in [3.8, 4) is 0 Å². The summed E-state index contributed by atoms with van der Waals surface area (Å²) in [5, 5.41) is 3.45. The summed E-state index contributed by atoms with van der Waals surface area (Å²) in [7, 11) is 1.73. The number of rotatable bonds is 7. The Morgan fingerprint density at radius 3 is 2.75 bits per heavy atom. The van der Waals surface area contributed by atoms with Crippen molar-refractivity contribution in [2.45, 2.75) is 26.1 Å². The normalized spacial score (nSPS) is 12.1. The van der Waals surface area contributed by atoms with Crippen molar-refractivity contribution in [2.75, 3.05) is 12.4 Å². The molecule has 2 aromatic carbocycles. The molecule has 1 N–H and O–H groups in total. The Bertz CT molecular complexity index is 767. The summed E-state index contributed by atoms with van der Waals surface area (Å²) in [6, 6.07) is 18.7. The predicted molar refractivity (Wildman–Crippen MR) is 97.0 cm³/mol.